The molecule has 0 spiro atoms. The van der Waals surface area contributed by atoms with E-state index in [1.54, 1.807) is 0 Å². The van der Waals surface area contributed by atoms with Gasteiger partial charge in [0.05, 0.1) is 11.4 Å². The second-order valence-corrected chi connectivity index (χ2v) is 4.97. The fraction of sp³-hybridized carbons (Fsp3) is 0.294. The maximum Gasteiger partial charge on any atom is 0.0580 e. The van der Waals surface area contributed by atoms with Gasteiger partial charge >= 0.3 is 0 Å². The summed E-state index contributed by atoms with van der Waals surface area (Å²) >= 11 is 0. The van der Waals surface area contributed by atoms with Gasteiger partial charge in [0.1, 0.15) is 0 Å². The van der Waals surface area contributed by atoms with E-state index in [2.05, 4.69) is 37.2 Å². The molecule has 3 heteroatoms. The molecule has 0 aliphatic carbocycles. The Morgan fingerprint density at radius 2 is 2.10 bits per heavy atom. The zero-order valence-electron chi connectivity index (χ0n) is 12.9. The summed E-state index contributed by atoms with van der Waals surface area (Å²) in [5, 5.41) is 3.29. The highest BCUT2D eigenvalue weighted by atomic mass is 15.0. The standard InChI is InChI=1S/C17H25N3/c1-6-13(3)10-15(12-20(4)5)14-8-9-16(18)17(11-14)19-7-2/h6,8-12,19H,1,7,18H2,2-5H3/b13-10-,15-12+. The molecule has 0 aliphatic heterocycles. The van der Waals surface area contributed by atoms with Crippen molar-refractivity contribution >= 4 is 16.9 Å². The van der Waals surface area contributed by atoms with Gasteiger partial charge in [-0.25, -0.2) is 0 Å². The molecule has 0 unspecified atom stereocenters. The van der Waals surface area contributed by atoms with E-state index < -0.39 is 0 Å². The van der Waals surface area contributed by atoms with Crippen LogP contribution in [-0.4, -0.2) is 25.5 Å². The quantitative estimate of drug-likeness (QED) is 0.612. The summed E-state index contributed by atoms with van der Waals surface area (Å²) in [6, 6.07) is 6.06. The third kappa shape index (κ3) is 4.50. The van der Waals surface area contributed by atoms with Crippen molar-refractivity contribution in [3.63, 3.8) is 0 Å². The van der Waals surface area contributed by atoms with Gasteiger partial charge in [0, 0.05) is 26.8 Å². The number of rotatable bonds is 6. The van der Waals surface area contributed by atoms with Crippen LogP contribution in [0, 0.1) is 0 Å². The Hall–Kier alpha value is -2.16. The molecule has 3 nitrogen and oxygen atoms in total. The van der Waals surface area contributed by atoms with Crippen molar-refractivity contribution < 1.29 is 0 Å². The van der Waals surface area contributed by atoms with Gasteiger partial charge in [0.15, 0.2) is 0 Å². The number of benzene rings is 1. The minimum atomic E-state index is 0.768. The Kier molecular flexibility index (Phi) is 5.91. The summed E-state index contributed by atoms with van der Waals surface area (Å²) in [6.07, 6.45) is 6.06. The van der Waals surface area contributed by atoms with Crippen molar-refractivity contribution in [2.24, 2.45) is 0 Å². The molecule has 0 amide bonds. The molecule has 3 N–H and O–H groups in total. The van der Waals surface area contributed by atoms with Gasteiger partial charge < -0.3 is 16.0 Å². The molecule has 0 radical (unpaired) electrons. The number of hydrogen-bond acceptors (Lipinski definition) is 3. The molecule has 0 saturated heterocycles. The fourth-order valence-electron chi connectivity index (χ4n) is 1.86. The Bertz CT molecular complexity index is 525. The van der Waals surface area contributed by atoms with Crippen molar-refractivity contribution in [2.75, 3.05) is 31.7 Å². The van der Waals surface area contributed by atoms with Gasteiger partial charge in [-0.3, -0.25) is 0 Å². The summed E-state index contributed by atoms with van der Waals surface area (Å²) in [4.78, 5) is 2.03. The highest BCUT2D eigenvalue weighted by molar-refractivity contribution is 5.80. The van der Waals surface area contributed by atoms with E-state index in [0.29, 0.717) is 0 Å². The third-order valence-electron chi connectivity index (χ3n) is 2.86. The molecule has 0 bridgehead atoms. The Morgan fingerprint density at radius 3 is 2.65 bits per heavy atom. The van der Waals surface area contributed by atoms with E-state index in [4.69, 9.17) is 5.73 Å². The first-order valence-corrected chi connectivity index (χ1v) is 6.80. The highest BCUT2D eigenvalue weighted by Gasteiger charge is 2.04. The van der Waals surface area contributed by atoms with E-state index in [1.165, 1.54) is 0 Å². The number of anilines is 2. The number of nitrogen functional groups attached to an aromatic ring is 1. The molecule has 0 atom stereocenters. The van der Waals surface area contributed by atoms with Crippen LogP contribution in [0.2, 0.25) is 0 Å². The lowest BCUT2D eigenvalue weighted by molar-refractivity contribution is 0.566. The van der Waals surface area contributed by atoms with Crippen LogP contribution in [0.1, 0.15) is 19.4 Å². The average Bonchev–Trinajstić information content (AvgIpc) is 2.40. The van der Waals surface area contributed by atoms with Gasteiger partial charge in [0.2, 0.25) is 0 Å². The van der Waals surface area contributed by atoms with Crippen molar-refractivity contribution in [2.45, 2.75) is 13.8 Å². The predicted octanol–water partition coefficient (Wildman–Crippen LogP) is 3.74. The van der Waals surface area contributed by atoms with E-state index in [9.17, 15) is 0 Å². The Labute approximate surface area is 122 Å². The molecular weight excluding hydrogens is 246 g/mol. The number of nitrogens with zero attached hydrogens (tertiary/aromatic N) is 1. The van der Waals surface area contributed by atoms with Gasteiger partial charge in [-0.05, 0) is 37.1 Å². The van der Waals surface area contributed by atoms with Crippen molar-refractivity contribution in [3.05, 3.63) is 54.3 Å². The molecule has 108 valence electrons. The van der Waals surface area contributed by atoms with E-state index >= 15 is 0 Å². The average molecular weight is 271 g/mol. The van der Waals surface area contributed by atoms with Crippen molar-refractivity contribution in [1.82, 2.24) is 4.90 Å². The first-order valence-electron chi connectivity index (χ1n) is 6.80. The maximum atomic E-state index is 5.98. The van der Waals surface area contributed by atoms with Gasteiger partial charge in [0.25, 0.3) is 0 Å². The Balaban J connectivity index is 3.27. The molecule has 0 aliphatic rings. The van der Waals surface area contributed by atoms with E-state index in [1.807, 2.05) is 44.1 Å². The summed E-state index contributed by atoms with van der Waals surface area (Å²) in [5.41, 5.74) is 11.1. The lowest BCUT2D eigenvalue weighted by atomic mass is 10.0. The topological polar surface area (TPSA) is 41.3 Å². The SMILES string of the molecule is C=C/C(C)=C\C(=C/N(C)C)c1ccc(N)c(NCC)c1. The van der Waals surface area contributed by atoms with Crippen molar-refractivity contribution in [3.8, 4) is 0 Å². The summed E-state index contributed by atoms with van der Waals surface area (Å²) in [7, 11) is 4.03. The van der Waals surface area contributed by atoms with E-state index in [0.717, 1.165) is 34.6 Å². The smallest absolute Gasteiger partial charge is 0.0580 e. The van der Waals surface area contributed by atoms with Crippen molar-refractivity contribution in [1.29, 1.82) is 0 Å². The van der Waals surface area contributed by atoms with Crippen LogP contribution in [0.5, 0.6) is 0 Å². The molecule has 0 saturated carbocycles. The zero-order chi connectivity index (χ0) is 15.1. The monoisotopic (exact) mass is 271 g/mol. The summed E-state index contributed by atoms with van der Waals surface area (Å²) in [5.74, 6) is 0. The highest BCUT2D eigenvalue weighted by Crippen LogP contribution is 2.26. The first kappa shape index (κ1) is 15.9. The zero-order valence-corrected chi connectivity index (χ0v) is 12.9. The van der Waals surface area contributed by atoms with E-state index in [-0.39, 0.29) is 0 Å². The van der Waals surface area contributed by atoms with Crippen LogP contribution in [0.3, 0.4) is 0 Å². The maximum absolute atomic E-state index is 5.98. The molecule has 1 aromatic carbocycles. The molecule has 1 aromatic rings. The number of nitrogens with one attached hydrogen (secondary N) is 1. The molecule has 0 heterocycles. The third-order valence-corrected chi connectivity index (χ3v) is 2.86. The second kappa shape index (κ2) is 7.43. The van der Waals surface area contributed by atoms with Gasteiger partial charge in [-0.1, -0.05) is 30.4 Å². The van der Waals surface area contributed by atoms with Crippen LogP contribution in [0.4, 0.5) is 11.4 Å². The molecule has 0 aromatic heterocycles. The molecule has 0 fully saturated rings. The second-order valence-electron chi connectivity index (χ2n) is 4.97. The largest absolute Gasteiger partial charge is 0.397 e. The summed E-state index contributed by atoms with van der Waals surface area (Å²) in [6.45, 7) is 8.76. The predicted molar refractivity (Wildman–Crippen MR) is 90.6 cm³/mol. The van der Waals surface area contributed by atoms with Crippen LogP contribution in [-0.2, 0) is 0 Å². The molecule has 1 rings (SSSR count). The van der Waals surface area contributed by atoms with Gasteiger partial charge in [-0.15, -0.1) is 0 Å². The lowest BCUT2D eigenvalue weighted by Gasteiger charge is -2.13. The Morgan fingerprint density at radius 1 is 1.40 bits per heavy atom. The lowest BCUT2D eigenvalue weighted by Crippen LogP contribution is -2.04. The van der Waals surface area contributed by atoms with Crippen LogP contribution >= 0.6 is 0 Å². The molecule has 20 heavy (non-hydrogen) atoms. The number of hydrogen-bond donors (Lipinski definition) is 2. The number of nitrogens with two attached hydrogens (primary N) is 1. The van der Waals surface area contributed by atoms with Gasteiger partial charge in [-0.2, -0.15) is 0 Å². The van der Waals surface area contributed by atoms with Crippen LogP contribution in [0.15, 0.2) is 48.7 Å². The van der Waals surface area contributed by atoms with Crippen LogP contribution in [0.25, 0.3) is 5.57 Å². The molecular formula is C17H25N3. The number of allylic oxidation sites excluding steroid dienone is 4. The minimum absolute atomic E-state index is 0.768. The fourth-order valence-corrected chi connectivity index (χ4v) is 1.86. The summed E-state index contributed by atoms with van der Waals surface area (Å²) < 4.78 is 0. The minimum Gasteiger partial charge on any atom is -0.397 e. The normalized spacial score (nSPS) is 12.2. The first-order chi connectivity index (χ1) is 9.47. The van der Waals surface area contributed by atoms with Crippen LogP contribution < -0.4 is 11.1 Å².